The normalized spacial score (nSPS) is 19.7. The molecule has 168 valence electrons. The Balaban J connectivity index is 1.68. The number of hydrogen-bond acceptors (Lipinski definition) is 5. The Hall–Kier alpha value is -3.51. The third-order valence-corrected chi connectivity index (χ3v) is 6.92. The van der Waals surface area contributed by atoms with Gasteiger partial charge in [0.1, 0.15) is 0 Å². The molecule has 0 aromatic heterocycles. The van der Waals surface area contributed by atoms with Crippen LogP contribution in [0.25, 0.3) is 6.08 Å². The summed E-state index contributed by atoms with van der Waals surface area (Å²) >= 11 is 6.11. The van der Waals surface area contributed by atoms with Crippen LogP contribution < -0.4 is 14.4 Å². The van der Waals surface area contributed by atoms with Gasteiger partial charge in [0.2, 0.25) is 5.72 Å². The molecule has 2 aliphatic rings. The van der Waals surface area contributed by atoms with Gasteiger partial charge in [-0.1, -0.05) is 41.9 Å². The molecule has 0 N–H and O–H groups in total. The number of benzene rings is 3. The van der Waals surface area contributed by atoms with Crippen LogP contribution in [-0.2, 0) is 12.0 Å². The maximum absolute atomic E-state index is 11.4. The number of fused-ring (bicyclic) bond motifs is 2. The number of rotatable bonds is 4. The molecule has 0 radical (unpaired) electrons. The minimum absolute atomic E-state index is 0.0400. The molecular formula is C26H23ClN2O4. The molecule has 0 saturated carbocycles. The predicted octanol–water partition coefficient (Wildman–Crippen LogP) is 6.36. The highest BCUT2D eigenvalue weighted by Gasteiger charge is 2.59. The zero-order valence-corrected chi connectivity index (χ0v) is 19.3. The zero-order chi connectivity index (χ0) is 23.4. The number of halogens is 1. The van der Waals surface area contributed by atoms with Gasteiger partial charge in [-0.2, -0.15) is 0 Å². The van der Waals surface area contributed by atoms with E-state index in [2.05, 4.69) is 30.9 Å². The minimum atomic E-state index is -0.868. The van der Waals surface area contributed by atoms with Crippen LogP contribution in [0.3, 0.4) is 0 Å². The quantitative estimate of drug-likeness (QED) is 0.333. The second kappa shape index (κ2) is 7.52. The Labute approximate surface area is 197 Å². The molecule has 0 saturated heterocycles. The summed E-state index contributed by atoms with van der Waals surface area (Å²) in [6.07, 6.45) is 3.91. The van der Waals surface area contributed by atoms with Crippen molar-refractivity contribution in [3.63, 3.8) is 0 Å². The number of hydrogen-bond donors (Lipinski definition) is 0. The van der Waals surface area contributed by atoms with Gasteiger partial charge in [0.05, 0.1) is 23.5 Å². The van der Waals surface area contributed by atoms with Crippen molar-refractivity contribution in [1.29, 1.82) is 0 Å². The van der Waals surface area contributed by atoms with Gasteiger partial charge in [-0.3, -0.25) is 10.1 Å². The third kappa shape index (κ3) is 3.16. The van der Waals surface area contributed by atoms with E-state index in [1.54, 1.807) is 0 Å². The lowest BCUT2D eigenvalue weighted by atomic mass is 9.76. The third-order valence-electron chi connectivity index (χ3n) is 6.66. The number of methoxy groups -OCH3 is 1. The van der Waals surface area contributed by atoms with Gasteiger partial charge in [0.25, 0.3) is 5.69 Å². The number of para-hydroxylation sites is 1. The van der Waals surface area contributed by atoms with Crippen LogP contribution in [0.5, 0.6) is 11.5 Å². The first kappa shape index (κ1) is 21.3. The van der Waals surface area contributed by atoms with E-state index in [4.69, 9.17) is 21.1 Å². The average Bonchev–Trinajstić information content (AvgIpc) is 2.98. The first-order valence-corrected chi connectivity index (χ1v) is 11.0. The summed E-state index contributed by atoms with van der Waals surface area (Å²) < 4.78 is 12.3. The summed E-state index contributed by atoms with van der Waals surface area (Å²) in [6.45, 7) is 4.90. The number of anilines is 1. The van der Waals surface area contributed by atoms with Gasteiger partial charge >= 0.3 is 0 Å². The summed E-state index contributed by atoms with van der Waals surface area (Å²) in [5.41, 5.74) is 2.60. The van der Waals surface area contributed by atoms with Crippen LogP contribution in [-0.4, -0.2) is 17.8 Å². The largest absolute Gasteiger partial charge is 0.493 e. The molecule has 7 heteroatoms. The van der Waals surface area contributed by atoms with E-state index in [9.17, 15) is 10.1 Å². The van der Waals surface area contributed by atoms with Crippen molar-refractivity contribution in [2.45, 2.75) is 31.5 Å². The van der Waals surface area contributed by atoms with E-state index in [-0.39, 0.29) is 5.69 Å². The topological polar surface area (TPSA) is 64.8 Å². The monoisotopic (exact) mass is 462 g/mol. The Bertz CT molecular complexity index is 1290. The summed E-state index contributed by atoms with van der Waals surface area (Å²) in [7, 11) is 1.49. The first-order chi connectivity index (χ1) is 15.8. The van der Waals surface area contributed by atoms with Crippen LogP contribution in [0.15, 0.2) is 66.7 Å². The van der Waals surface area contributed by atoms with Crippen molar-refractivity contribution < 1.29 is 14.4 Å². The number of nitro benzene ring substituents is 1. The van der Waals surface area contributed by atoms with Crippen molar-refractivity contribution in [2.75, 3.05) is 12.0 Å². The molecule has 1 spiro atoms. The summed E-state index contributed by atoms with van der Waals surface area (Å²) in [4.78, 5) is 13.2. The molecule has 33 heavy (non-hydrogen) atoms. The Morgan fingerprint density at radius 3 is 2.55 bits per heavy atom. The number of nitrogens with zero attached hydrogens (tertiary/aromatic N) is 2. The molecular weight excluding hydrogens is 440 g/mol. The first-order valence-electron chi connectivity index (χ1n) is 10.6. The SMILES string of the molecule is COc1cc([N+](=O)[O-])cc2c1OC1(C=C2)N(Cc2ccc(Cl)cc2)c2ccccc2C1(C)C. The van der Waals surface area contributed by atoms with E-state index in [0.29, 0.717) is 28.6 Å². The molecule has 3 aromatic rings. The van der Waals surface area contributed by atoms with E-state index in [1.165, 1.54) is 19.2 Å². The van der Waals surface area contributed by atoms with E-state index < -0.39 is 16.1 Å². The molecule has 0 bridgehead atoms. The lowest BCUT2D eigenvalue weighted by Crippen LogP contribution is -2.59. The van der Waals surface area contributed by atoms with Crippen molar-refractivity contribution >= 4 is 29.1 Å². The molecule has 3 aromatic carbocycles. The van der Waals surface area contributed by atoms with Crippen LogP contribution in [0.1, 0.15) is 30.5 Å². The number of non-ortho nitro benzene ring substituents is 1. The van der Waals surface area contributed by atoms with Gasteiger partial charge in [0, 0.05) is 28.9 Å². The van der Waals surface area contributed by atoms with E-state index in [1.807, 2.05) is 48.6 Å². The lowest BCUT2D eigenvalue weighted by molar-refractivity contribution is -0.385. The van der Waals surface area contributed by atoms with Gasteiger partial charge in [-0.05, 0) is 55.3 Å². The van der Waals surface area contributed by atoms with E-state index in [0.717, 1.165) is 16.8 Å². The van der Waals surface area contributed by atoms with Crippen molar-refractivity contribution in [3.8, 4) is 11.5 Å². The molecule has 6 nitrogen and oxygen atoms in total. The maximum Gasteiger partial charge on any atom is 0.274 e. The standard InChI is InChI=1S/C26H23ClN2O4/c1-25(2)21-6-4-5-7-22(21)28(16-17-8-10-19(27)11-9-17)26(25)13-12-18-14-20(29(30)31)15-23(32-3)24(18)33-26/h4-15H,16H2,1-3H3. The summed E-state index contributed by atoms with van der Waals surface area (Å²) in [5.74, 6) is 0.828. The fourth-order valence-electron chi connectivity index (χ4n) is 4.89. The summed E-state index contributed by atoms with van der Waals surface area (Å²) in [6, 6.07) is 19.0. The zero-order valence-electron chi connectivity index (χ0n) is 18.5. The van der Waals surface area contributed by atoms with E-state index >= 15 is 0 Å². The van der Waals surface area contributed by atoms with Gasteiger partial charge in [0.15, 0.2) is 11.5 Å². The molecule has 5 rings (SSSR count). The highest BCUT2D eigenvalue weighted by atomic mass is 35.5. The highest BCUT2D eigenvalue weighted by Crippen LogP contribution is 2.56. The molecule has 1 atom stereocenters. The fraction of sp³-hybridized carbons (Fsp3) is 0.231. The highest BCUT2D eigenvalue weighted by molar-refractivity contribution is 6.30. The Kier molecular flexibility index (Phi) is 4.87. The second-order valence-electron chi connectivity index (χ2n) is 8.81. The number of ether oxygens (including phenoxy) is 2. The predicted molar refractivity (Wildman–Crippen MR) is 129 cm³/mol. The molecule has 2 heterocycles. The maximum atomic E-state index is 11.4. The summed E-state index contributed by atoms with van der Waals surface area (Å²) in [5, 5.41) is 12.1. The van der Waals surface area contributed by atoms with Crippen molar-refractivity contribution in [3.05, 3.63) is 98.6 Å². The average molecular weight is 463 g/mol. The van der Waals surface area contributed by atoms with Crippen LogP contribution in [0, 0.1) is 10.1 Å². The smallest absolute Gasteiger partial charge is 0.274 e. The van der Waals surface area contributed by atoms with Crippen LogP contribution >= 0.6 is 11.6 Å². The minimum Gasteiger partial charge on any atom is -0.493 e. The van der Waals surface area contributed by atoms with Crippen LogP contribution in [0.2, 0.25) is 5.02 Å². The van der Waals surface area contributed by atoms with Crippen LogP contribution in [0.4, 0.5) is 11.4 Å². The second-order valence-corrected chi connectivity index (χ2v) is 9.25. The molecule has 0 fully saturated rings. The Morgan fingerprint density at radius 2 is 1.85 bits per heavy atom. The Morgan fingerprint density at radius 1 is 1.12 bits per heavy atom. The molecule has 0 amide bonds. The van der Waals surface area contributed by atoms with Gasteiger partial charge in [-0.25, -0.2) is 0 Å². The van der Waals surface area contributed by atoms with Crippen molar-refractivity contribution in [1.82, 2.24) is 0 Å². The van der Waals surface area contributed by atoms with Crippen molar-refractivity contribution in [2.24, 2.45) is 0 Å². The molecule has 0 aliphatic carbocycles. The number of nitro groups is 1. The van der Waals surface area contributed by atoms with Gasteiger partial charge in [-0.15, -0.1) is 0 Å². The molecule has 1 unspecified atom stereocenters. The van der Waals surface area contributed by atoms with Gasteiger partial charge < -0.3 is 14.4 Å². The lowest BCUT2D eigenvalue weighted by Gasteiger charge is -2.47. The molecule has 2 aliphatic heterocycles. The fourth-order valence-corrected chi connectivity index (χ4v) is 5.02.